The zero-order chi connectivity index (χ0) is 15.8. The van der Waals surface area contributed by atoms with E-state index in [0.29, 0.717) is 11.8 Å². The number of rotatable bonds is 3. The van der Waals surface area contributed by atoms with Crippen LogP contribution in [0.25, 0.3) is 0 Å². The van der Waals surface area contributed by atoms with Crippen LogP contribution in [0.4, 0.5) is 0 Å². The lowest BCUT2D eigenvalue weighted by atomic mass is 9.80. The van der Waals surface area contributed by atoms with Crippen LogP contribution < -0.4 is 14.2 Å². The van der Waals surface area contributed by atoms with Crippen LogP contribution >= 0.6 is 0 Å². The van der Waals surface area contributed by atoms with E-state index in [2.05, 4.69) is 24.3 Å². The van der Waals surface area contributed by atoms with Crippen molar-refractivity contribution in [2.24, 2.45) is 5.92 Å². The molecule has 1 saturated carbocycles. The Morgan fingerprint density at radius 1 is 0.913 bits per heavy atom. The molecule has 3 nitrogen and oxygen atoms in total. The molecule has 1 aliphatic heterocycles. The predicted molar refractivity (Wildman–Crippen MR) is 89.4 cm³/mol. The maximum atomic E-state index is 6.41. The molecule has 0 bridgehead atoms. The Hall–Kier alpha value is -2.16. The molecule has 0 aromatic heterocycles. The molecule has 0 amide bonds. The molecule has 23 heavy (non-hydrogen) atoms. The minimum absolute atomic E-state index is 0.134. The second-order valence-corrected chi connectivity index (χ2v) is 6.42. The standard InChI is InChI=1S/C20H22O3/c1-21-14-8-6-13(7-9-14)20-17-5-3-4-16(17)18-12-15(22-2)10-11-19(18)23-20/h6-12,16-17,20H,3-5H2,1-2H3. The van der Waals surface area contributed by atoms with E-state index in [1.54, 1.807) is 14.2 Å². The highest BCUT2D eigenvalue weighted by atomic mass is 16.5. The lowest BCUT2D eigenvalue weighted by Crippen LogP contribution is -2.26. The predicted octanol–water partition coefficient (Wildman–Crippen LogP) is 4.72. The summed E-state index contributed by atoms with van der Waals surface area (Å²) in [6.07, 6.45) is 3.86. The summed E-state index contributed by atoms with van der Waals surface area (Å²) in [5.74, 6) is 3.93. The zero-order valence-electron chi connectivity index (χ0n) is 13.6. The average Bonchev–Trinajstić information content (AvgIpc) is 3.11. The fourth-order valence-electron chi connectivity index (χ4n) is 4.12. The summed E-state index contributed by atoms with van der Waals surface area (Å²) < 4.78 is 17.1. The van der Waals surface area contributed by atoms with Gasteiger partial charge in [0, 0.05) is 11.5 Å². The second kappa shape index (κ2) is 5.80. The minimum Gasteiger partial charge on any atom is -0.497 e. The first-order valence-electron chi connectivity index (χ1n) is 8.28. The van der Waals surface area contributed by atoms with Crippen molar-refractivity contribution in [2.75, 3.05) is 14.2 Å². The third-order valence-electron chi connectivity index (χ3n) is 5.27. The monoisotopic (exact) mass is 310 g/mol. The van der Waals surface area contributed by atoms with Gasteiger partial charge < -0.3 is 14.2 Å². The summed E-state index contributed by atoms with van der Waals surface area (Å²) in [4.78, 5) is 0. The van der Waals surface area contributed by atoms with Crippen LogP contribution in [-0.4, -0.2) is 14.2 Å². The van der Waals surface area contributed by atoms with E-state index in [-0.39, 0.29) is 6.10 Å². The molecule has 0 N–H and O–H groups in total. The van der Waals surface area contributed by atoms with Gasteiger partial charge in [-0.3, -0.25) is 0 Å². The van der Waals surface area contributed by atoms with Crippen molar-refractivity contribution in [3.05, 3.63) is 53.6 Å². The lowest BCUT2D eigenvalue weighted by Gasteiger charge is -2.36. The molecule has 120 valence electrons. The van der Waals surface area contributed by atoms with Gasteiger partial charge in [0.05, 0.1) is 14.2 Å². The van der Waals surface area contributed by atoms with Crippen LogP contribution in [0.1, 0.15) is 42.4 Å². The molecule has 2 aromatic rings. The van der Waals surface area contributed by atoms with Crippen LogP contribution in [0.3, 0.4) is 0 Å². The molecule has 2 aliphatic rings. The van der Waals surface area contributed by atoms with Gasteiger partial charge in [-0.1, -0.05) is 18.6 Å². The molecule has 0 spiro atoms. The first kappa shape index (κ1) is 14.4. The molecule has 3 heteroatoms. The van der Waals surface area contributed by atoms with Crippen molar-refractivity contribution in [2.45, 2.75) is 31.3 Å². The first-order valence-corrected chi connectivity index (χ1v) is 8.28. The minimum atomic E-state index is 0.134. The Morgan fingerprint density at radius 3 is 2.39 bits per heavy atom. The molecule has 1 fully saturated rings. The Bertz CT molecular complexity index is 693. The maximum Gasteiger partial charge on any atom is 0.127 e. The van der Waals surface area contributed by atoms with Crippen molar-refractivity contribution in [1.82, 2.24) is 0 Å². The van der Waals surface area contributed by atoms with Crippen LogP contribution in [0, 0.1) is 5.92 Å². The van der Waals surface area contributed by atoms with Crippen LogP contribution in [0.5, 0.6) is 17.2 Å². The summed E-state index contributed by atoms with van der Waals surface area (Å²) in [6.45, 7) is 0. The topological polar surface area (TPSA) is 27.7 Å². The third-order valence-corrected chi connectivity index (χ3v) is 5.27. The number of methoxy groups -OCH3 is 2. The lowest BCUT2D eigenvalue weighted by molar-refractivity contribution is 0.104. The average molecular weight is 310 g/mol. The highest BCUT2D eigenvalue weighted by Gasteiger charge is 2.42. The van der Waals surface area contributed by atoms with Crippen LogP contribution in [0.2, 0.25) is 0 Å². The highest BCUT2D eigenvalue weighted by Crippen LogP contribution is 2.54. The number of hydrogen-bond donors (Lipinski definition) is 0. The van der Waals surface area contributed by atoms with E-state index in [4.69, 9.17) is 14.2 Å². The van der Waals surface area contributed by atoms with Gasteiger partial charge in [-0.2, -0.15) is 0 Å². The molecule has 3 unspecified atom stereocenters. The largest absolute Gasteiger partial charge is 0.497 e. The Morgan fingerprint density at radius 2 is 1.65 bits per heavy atom. The van der Waals surface area contributed by atoms with Crippen molar-refractivity contribution in [3.8, 4) is 17.2 Å². The summed E-state index contributed by atoms with van der Waals surface area (Å²) >= 11 is 0. The van der Waals surface area contributed by atoms with Crippen LogP contribution in [0.15, 0.2) is 42.5 Å². The molecular formula is C20H22O3. The zero-order valence-corrected chi connectivity index (χ0v) is 13.6. The molecule has 0 saturated heterocycles. The second-order valence-electron chi connectivity index (χ2n) is 6.42. The first-order chi connectivity index (χ1) is 11.3. The van der Waals surface area contributed by atoms with E-state index in [9.17, 15) is 0 Å². The third kappa shape index (κ3) is 2.44. The normalized spacial score (nSPS) is 25.2. The van der Waals surface area contributed by atoms with Gasteiger partial charge >= 0.3 is 0 Å². The van der Waals surface area contributed by atoms with Gasteiger partial charge in [-0.15, -0.1) is 0 Å². The van der Waals surface area contributed by atoms with Gasteiger partial charge in [0.25, 0.3) is 0 Å². The summed E-state index contributed by atoms with van der Waals surface area (Å²) in [7, 11) is 3.42. The molecule has 3 atom stereocenters. The molecule has 1 aliphatic carbocycles. The van der Waals surface area contributed by atoms with E-state index in [0.717, 1.165) is 17.2 Å². The maximum absolute atomic E-state index is 6.41. The summed E-state index contributed by atoms with van der Waals surface area (Å²) in [5.41, 5.74) is 2.56. The fourth-order valence-corrected chi connectivity index (χ4v) is 4.12. The Balaban J connectivity index is 1.71. The number of benzene rings is 2. The quantitative estimate of drug-likeness (QED) is 0.821. The fraction of sp³-hybridized carbons (Fsp3) is 0.400. The van der Waals surface area contributed by atoms with Crippen molar-refractivity contribution < 1.29 is 14.2 Å². The van der Waals surface area contributed by atoms with Gasteiger partial charge in [0.1, 0.15) is 23.4 Å². The molecular weight excluding hydrogens is 288 g/mol. The van der Waals surface area contributed by atoms with E-state index in [1.807, 2.05) is 18.2 Å². The molecule has 1 heterocycles. The van der Waals surface area contributed by atoms with Gasteiger partial charge in [0.2, 0.25) is 0 Å². The Kier molecular flexibility index (Phi) is 3.64. The van der Waals surface area contributed by atoms with Gasteiger partial charge in [-0.25, -0.2) is 0 Å². The van der Waals surface area contributed by atoms with E-state index < -0.39 is 0 Å². The number of fused-ring (bicyclic) bond motifs is 3. The van der Waals surface area contributed by atoms with Crippen molar-refractivity contribution >= 4 is 0 Å². The van der Waals surface area contributed by atoms with Gasteiger partial charge in [-0.05, 0) is 54.7 Å². The molecule has 2 aromatic carbocycles. The van der Waals surface area contributed by atoms with Crippen molar-refractivity contribution in [1.29, 1.82) is 0 Å². The van der Waals surface area contributed by atoms with E-state index in [1.165, 1.54) is 30.4 Å². The summed E-state index contributed by atoms with van der Waals surface area (Å²) in [5, 5.41) is 0. The van der Waals surface area contributed by atoms with Crippen LogP contribution in [-0.2, 0) is 0 Å². The van der Waals surface area contributed by atoms with E-state index >= 15 is 0 Å². The highest BCUT2D eigenvalue weighted by molar-refractivity contribution is 5.46. The summed E-state index contributed by atoms with van der Waals surface area (Å²) in [6, 6.07) is 14.5. The van der Waals surface area contributed by atoms with Gasteiger partial charge in [0.15, 0.2) is 0 Å². The number of hydrogen-bond acceptors (Lipinski definition) is 3. The SMILES string of the molecule is COc1ccc(C2Oc3ccc(OC)cc3C3CCCC32)cc1. The number of ether oxygens (including phenoxy) is 3. The smallest absolute Gasteiger partial charge is 0.127 e. The molecule has 4 rings (SSSR count). The van der Waals surface area contributed by atoms with Crippen molar-refractivity contribution in [3.63, 3.8) is 0 Å². The Labute approximate surface area is 137 Å². The molecule has 0 radical (unpaired) electrons.